The minimum Gasteiger partial charge on any atom is -0.393 e. The molecule has 0 spiro atoms. The largest absolute Gasteiger partial charge is 0.393 e. The van der Waals surface area contributed by atoms with Crippen LogP contribution in [0.15, 0.2) is 18.3 Å². The maximum absolute atomic E-state index is 10.9. The molecule has 1 aromatic heterocycles. The summed E-state index contributed by atoms with van der Waals surface area (Å²) in [5, 5.41) is 12.4. The Labute approximate surface area is 94.7 Å². The standard InChI is InChI=1S/C11H17N3O2/c1-2-9(15)4-6-13-8-3-5-14-10(7-8)11(12)16/h3,5,7,9,15H,2,4,6H2,1H3,(H2,12,16)(H,13,14). The van der Waals surface area contributed by atoms with Gasteiger partial charge in [-0.1, -0.05) is 6.92 Å². The fourth-order valence-corrected chi connectivity index (χ4v) is 1.26. The molecule has 1 atom stereocenters. The predicted octanol–water partition coefficient (Wildman–Crippen LogP) is 0.753. The zero-order chi connectivity index (χ0) is 12.0. The first-order chi connectivity index (χ1) is 7.63. The predicted molar refractivity (Wildman–Crippen MR) is 62.2 cm³/mol. The highest BCUT2D eigenvalue weighted by Gasteiger charge is 2.03. The summed E-state index contributed by atoms with van der Waals surface area (Å²) in [6.07, 6.45) is 2.65. The average molecular weight is 223 g/mol. The zero-order valence-corrected chi connectivity index (χ0v) is 9.31. The van der Waals surface area contributed by atoms with Crippen LogP contribution in [0.4, 0.5) is 5.69 Å². The first-order valence-corrected chi connectivity index (χ1v) is 5.31. The van der Waals surface area contributed by atoms with Gasteiger partial charge >= 0.3 is 0 Å². The third-order valence-electron chi connectivity index (χ3n) is 2.29. The van der Waals surface area contributed by atoms with Gasteiger partial charge in [-0.15, -0.1) is 0 Å². The summed E-state index contributed by atoms with van der Waals surface area (Å²) in [5.41, 5.74) is 6.13. The van der Waals surface area contributed by atoms with Crippen LogP contribution in [-0.2, 0) is 0 Å². The van der Waals surface area contributed by atoms with E-state index in [4.69, 9.17) is 5.73 Å². The van der Waals surface area contributed by atoms with E-state index in [1.165, 1.54) is 6.20 Å². The molecule has 0 aliphatic heterocycles. The molecule has 4 N–H and O–H groups in total. The lowest BCUT2D eigenvalue weighted by atomic mass is 10.2. The van der Waals surface area contributed by atoms with Crippen molar-refractivity contribution in [2.24, 2.45) is 5.73 Å². The fourth-order valence-electron chi connectivity index (χ4n) is 1.26. The van der Waals surface area contributed by atoms with E-state index >= 15 is 0 Å². The van der Waals surface area contributed by atoms with E-state index in [1.807, 2.05) is 6.92 Å². The van der Waals surface area contributed by atoms with Crippen molar-refractivity contribution in [3.05, 3.63) is 24.0 Å². The Bertz CT molecular complexity index is 355. The minimum atomic E-state index is -0.544. The number of nitrogens with two attached hydrogens (primary N) is 1. The lowest BCUT2D eigenvalue weighted by molar-refractivity contribution is 0.0995. The summed E-state index contributed by atoms with van der Waals surface area (Å²) in [7, 11) is 0. The van der Waals surface area contributed by atoms with E-state index in [2.05, 4.69) is 10.3 Å². The van der Waals surface area contributed by atoms with Crippen LogP contribution >= 0.6 is 0 Å². The molecule has 0 saturated heterocycles. The number of aliphatic hydroxyl groups is 1. The number of hydrogen-bond acceptors (Lipinski definition) is 4. The fraction of sp³-hybridized carbons (Fsp3) is 0.455. The Kier molecular flexibility index (Phi) is 4.72. The molecule has 0 aliphatic rings. The van der Waals surface area contributed by atoms with Crippen molar-refractivity contribution in [1.82, 2.24) is 4.98 Å². The molecular formula is C11H17N3O2. The maximum atomic E-state index is 10.9. The Morgan fingerprint density at radius 2 is 2.44 bits per heavy atom. The number of pyridine rings is 1. The summed E-state index contributed by atoms with van der Waals surface area (Å²) in [5.74, 6) is -0.544. The van der Waals surface area contributed by atoms with Crippen LogP contribution in [0, 0.1) is 0 Å². The molecule has 1 heterocycles. The number of rotatable bonds is 6. The number of anilines is 1. The lowest BCUT2D eigenvalue weighted by Gasteiger charge is -2.09. The maximum Gasteiger partial charge on any atom is 0.267 e. The number of amides is 1. The van der Waals surface area contributed by atoms with E-state index in [-0.39, 0.29) is 11.8 Å². The van der Waals surface area contributed by atoms with Crippen molar-refractivity contribution in [2.75, 3.05) is 11.9 Å². The second-order valence-corrected chi connectivity index (χ2v) is 3.57. The van der Waals surface area contributed by atoms with Gasteiger partial charge in [0.15, 0.2) is 0 Å². The number of hydrogen-bond donors (Lipinski definition) is 3. The van der Waals surface area contributed by atoms with Crippen LogP contribution in [0.1, 0.15) is 30.3 Å². The SMILES string of the molecule is CCC(O)CCNc1ccnc(C(N)=O)c1. The summed E-state index contributed by atoms with van der Waals surface area (Å²) in [6.45, 7) is 2.58. The summed E-state index contributed by atoms with van der Waals surface area (Å²) >= 11 is 0. The second kappa shape index (κ2) is 6.07. The van der Waals surface area contributed by atoms with Gasteiger partial charge in [0, 0.05) is 18.4 Å². The van der Waals surface area contributed by atoms with Gasteiger partial charge in [0.05, 0.1) is 6.10 Å². The van der Waals surface area contributed by atoms with Crippen LogP contribution in [0.5, 0.6) is 0 Å². The molecule has 5 heteroatoms. The molecule has 0 aliphatic carbocycles. The van der Waals surface area contributed by atoms with Crippen LogP contribution in [0.2, 0.25) is 0 Å². The molecule has 0 fully saturated rings. The first kappa shape index (κ1) is 12.4. The minimum absolute atomic E-state index is 0.237. The van der Waals surface area contributed by atoms with Gasteiger partial charge in [-0.2, -0.15) is 0 Å². The van der Waals surface area contributed by atoms with Crippen LogP contribution in [0.25, 0.3) is 0 Å². The molecule has 0 saturated carbocycles. The van der Waals surface area contributed by atoms with E-state index in [9.17, 15) is 9.90 Å². The van der Waals surface area contributed by atoms with Gasteiger partial charge in [-0.05, 0) is 25.0 Å². The first-order valence-electron chi connectivity index (χ1n) is 5.31. The number of aliphatic hydroxyl groups excluding tert-OH is 1. The van der Waals surface area contributed by atoms with Crippen molar-refractivity contribution < 1.29 is 9.90 Å². The molecule has 5 nitrogen and oxygen atoms in total. The molecular weight excluding hydrogens is 206 g/mol. The molecule has 88 valence electrons. The van der Waals surface area contributed by atoms with E-state index in [1.54, 1.807) is 12.1 Å². The molecule has 0 radical (unpaired) electrons. The van der Waals surface area contributed by atoms with E-state index in [0.717, 1.165) is 12.1 Å². The van der Waals surface area contributed by atoms with Crippen molar-refractivity contribution in [2.45, 2.75) is 25.9 Å². The highest BCUT2D eigenvalue weighted by Crippen LogP contribution is 2.08. The van der Waals surface area contributed by atoms with Crippen molar-refractivity contribution in [3.63, 3.8) is 0 Å². The van der Waals surface area contributed by atoms with Crippen LogP contribution in [0.3, 0.4) is 0 Å². The Balaban J connectivity index is 2.48. The summed E-state index contributed by atoms with van der Waals surface area (Å²) in [6, 6.07) is 3.35. The van der Waals surface area contributed by atoms with Gasteiger partial charge < -0.3 is 16.2 Å². The zero-order valence-electron chi connectivity index (χ0n) is 9.31. The number of aromatic nitrogens is 1. The van der Waals surface area contributed by atoms with Gasteiger partial charge in [0.2, 0.25) is 0 Å². The normalized spacial score (nSPS) is 12.1. The van der Waals surface area contributed by atoms with Crippen LogP contribution < -0.4 is 11.1 Å². The number of nitrogens with one attached hydrogen (secondary N) is 1. The van der Waals surface area contributed by atoms with Gasteiger partial charge in [-0.3, -0.25) is 9.78 Å². The Morgan fingerprint density at radius 3 is 3.06 bits per heavy atom. The molecule has 1 rings (SSSR count). The van der Waals surface area contributed by atoms with Gasteiger partial charge in [0.1, 0.15) is 5.69 Å². The van der Waals surface area contributed by atoms with Crippen molar-refractivity contribution in [3.8, 4) is 0 Å². The molecule has 1 unspecified atom stereocenters. The molecule has 0 aromatic carbocycles. The van der Waals surface area contributed by atoms with Gasteiger partial charge in [-0.25, -0.2) is 0 Å². The van der Waals surface area contributed by atoms with Crippen molar-refractivity contribution >= 4 is 11.6 Å². The average Bonchev–Trinajstić information content (AvgIpc) is 2.29. The number of carbonyl (C=O) groups is 1. The quantitative estimate of drug-likeness (QED) is 0.664. The van der Waals surface area contributed by atoms with Crippen LogP contribution in [-0.4, -0.2) is 28.6 Å². The molecule has 0 bridgehead atoms. The number of primary amides is 1. The Morgan fingerprint density at radius 1 is 1.69 bits per heavy atom. The highest BCUT2D eigenvalue weighted by atomic mass is 16.3. The molecule has 16 heavy (non-hydrogen) atoms. The molecule has 1 aromatic rings. The highest BCUT2D eigenvalue weighted by molar-refractivity contribution is 5.91. The summed E-state index contributed by atoms with van der Waals surface area (Å²) < 4.78 is 0. The Hall–Kier alpha value is -1.62. The second-order valence-electron chi connectivity index (χ2n) is 3.57. The monoisotopic (exact) mass is 223 g/mol. The number of carbonyl (C=O) groups excluding carboxylic acids is 1. The number of nitrogens with zero attached hydrogens (tertiary/aromatic N) is 1. The summed E-state index contributed by atoms with van der Waals surface area (Å²) in [4.78, 5) is 14.7. The lowest BCUT2D eigenvalue weighted by Crippen LogP contribution is -2.15. The third-order valence-corrected chi connectivity index (χ3v) is 2.29. The van der Waals surface area contributed by atoms with Crippen molar-refractivity contribution in [1.29, 1.82) is 0 Å². The third kappa shape index (κ3) is 3.86. The topological polar surface area (TPSA) is 88.2 Å². The van der Waals surface area contributed by atoms with Gasteiger partial charge in [0.25, 0.3) is 5.91 Å². The van der Waals surface area contributed by atoms with E-state index < -0.39 is 5.91 Å². The van der Waals surface area contributed by atoms with E-state index in [0.29, 0.717) is 13.0 Å². The smallest absolute Gasteiger partial charge is 0.267 e. The molecule has 1 amide bonds.